The topological polar surface area (TPSA) is 201 Å². The first-order chi connectivity index (χ1) is 25.3. The van der Waals surface area contributed by atoms with Crippen molar-refractivity contribution in [1.29, 1.82) is 5.26 Å². The SMILES string of the molecule is Cn1cc(C#N)cn1.Cn1cc(C2(N)CC2)cn1.Cn1cc(C2(NC(=O)c3cc4cc(Cl)ccc4[nH]3)CC2)cn1.O=C(O)c1cc2cc(Cl)ccc2[nH]1. The molecule has 14 nitrogen and oxygen atoms in total. The molecule has 2 aliphatic carbocycles. The van der Waals surface area contributed by atoms with Crippen molar-refractivity contribution in [2.24, 2.45) is 26.9 Å². The van der Waals surface area contributed by atoms with Crippen LogP contribution in [0, 0.1) is 11.3 Å². The number of carboxylic acids is 1. The Balaban J connectivity index is 0.000000132. The van der Waals surface area contributed by atoms with Gasteiger partial charge in [-0.3, -0.25) is 18.8 Å². The van der Waals surface area contributed by atoms with Gasteiger partial charge in [-0.25, -0.2) is 4.79 Å². The molecule has 0 spiro atoms. The van der Waals surface area contributed by atoms with Crippen molar-refractivity contribution >= 4 is 56.9 Å². The highest BCUT2D eigenvalue weighted by atomic mass is 35.5. The van der Waals surface area contributed by atoms with E-state index in [-0.39, 0.29) is 22.7 Å². The summed E-state index contributed by atoms with van der Waals surface area (Å²) in [4.78, 5) is 29.0. The summed E-state index contributed by atoms with van der Waals surface area (Å²) in [5, 5.41) is 35.1. The second kappa shape index (κ2) is 15.0. The molecular weight excluding hydrogens is 717 g/mol. The van der Waals surface area contributed by atoms with E-state index >= 15 is 0 Å². The van der Waals surface area contributed by atoms with Crippen LogP contribution in [0.3, 0.4) is 0 Å². The van der Waals surface area contributed by atoms with E-state index in [1.807, 2.05) is 63.2 Å². The van der Waals surface area contributed by atoms with E-state index in [1.165, 1.54) is 11.8 Å². The standard InChI is InChI=1S/C16H15ClN4O.C9H6ClNO2.C7H11N3.C5H5N3/c1-21-9-11(8-18-21)16(4-5-16)20-15(22)14-7-10-6-12(17)2-3-13(10)19-14;10-6-1-2-7-5(3-6)4-8(11-7)9(12)13;1-10-5-6(4-9-10)7(8)2-3-7;1-8-4-5(2-6)3-7-8/h2-3,6-9,19H,4-5H2,1H3,(H,20,22);1-4,11H,(H,12,13);4-5H,2-3,8H2,1H3;3-4H,1H3. The lowest BCUT2D eigenvalue weighted by atomic mass is 10.1. The first-order valence-corrected chi connectivity index (χ1v) is 17.3. The summed E-state index contributed by atoms with van der Waals surface area (Å²) in [6.07, 6.45) is 14.9. The second-order valence-electron chi connectivity index (χ2n) is 13.1. The van der Waals surface area contributed by atoms with Gasteiger partial charge >= 0.3 is 5.97 Å². The van der Waals surface area contributed by atoms with Crippen molar-refractivity contribution in [1.82, 2.24) is 44.6 Å². The molecule has 0 aliphatic heterocycles. The monoisotopic (exact) mass is 753 g/mol. The van der Waals surface area contributed by atoms with Crippen LogP contribution < -0.4 is 11.1 Å². The number of amides is 1. The number of carbonyl (C=O) groups excluding carboxylic acids is 1. The summed E-state index contributed by atoms with van der Waals surface area (Å²) < 4.78 is 5.15. The van der Waals surface area contributed by atoms with E-state index in [1.54, 1.807) is 57.6 Å². The molecule has 2 fully saturated rings. The van der Waals surface area contributed by atoms with Crippen LogP contribution in [-0.2, 0) is 32.2 Å². The van der Waals surface area contributed by atoms with Crippen molar-refractivity contribution < 1.29 is 14.7 Å². The summed E-state index contributed by atoms with van der Waals surface area (Å²) in [6.45, 7) is 0. The lowest BCUT2D eigenvalue weighted by Gasteiger charge is -2.15. The smallest absolute Gasteiger partial charge is 0.352 e. The number of benzene rings is 2. The van der Waals surface area contributed by atoms with Crippen LogP contribution in [0.5, 0.6) is 0 Å². The van der Waals surface area contributed by atoms with E-state index in [0.29, 0.717) is 21.3 Å². The highest BCUT2D eigenvalue weighted by Gasteiger charge is 2.47. The summed E-state index contributed by atoms with van der Waals surface area (Å²) in [6, 6.07) is 16.1. The maximum absolute atomic E-state index is 12.5. The lowest BCUT2D eigenvalue weighted by molar-refractivity contribution is 0.0691. The molecule has 2 aliphatic rings. The number of aryl methyl sites for hydroxylation is 3. The number of rotatable bonds is 5. The van der Waals surface area contributed by atoms with Crippen LogP contribution in [0.2, 0.25) is 10.0 Å². The van der Waals surface area contributed by atoms with Gasteiger partial charge < -0.3 is 26.1 Å². The van der Waals surface area contributed by atoms with Crippen molar-refractivity contribution in [2.45, 2.75) is 36.8 Å². The van der Waals surface area contributed by atoms with Gasteiger partial charge in [0.05, 0.1) is 29.7 Å². The summed E-state index contributed by atoms with van der Waals surface area (Å²) in [5.74, 6) is -1.07. The molecule has 5 aromatic heterocycles. The minimum atomic E-state index is -0.965. The van der Waals surface area contributed by atoms with Crippen LogP contribution in [0.15, 0.2) is 85.7 Å². The number of aromatic amines is 2. The summed E-state index contributed by atoms with van der Waals surface area (Å²) >= 11 is 11.7. The molecule has 9 rings (SSSR count). The number of nitrogens with one attached hydrogen (secondary N) is 3. The Morgan fingerprint density at radius 2 is 1.30 bits per heavy atom. The van der Waals surface area contributed by atoms with Gasteiger partial charge in [0, 0.05) is 88.3 Å². The Bertz CT molecular complexity index is 2460. The van der Waals surface area contributed by atoms with Crippen molar-refractivity contribution in [3.63, 3.8) is 0 Å². The molecule has 16 heteroatoms. The van der Waals surface area contributed by atoms with E-state index < -0.39 is 5.97 Å². The highest BCUT2D eigenvalue weighted by Crippen LogP contribution is 2.45. The molecule has 272 valence electrons. The molecule has 6 N–H and O–H groups in total. The minimum Gasteiger partial charge on any atom is -0.477 e. The first-order valence-electron chi connectivity index (χ1n) is 16.5. The quantitative estimate of drug-likeness (QED) is 0.138. The van der Waals surface area contributed by atoms with Gasteiger partial charge in [0.1, 0.15) is 17.5 Å². The Hall–Kier alpha value is -5.88. The van der Waals surface area contributed by atoms with E-state index in [9.17, 15) is 9.59 Å². The third-order valence-electron chi connectivity index (χ3n) is 8.90. The molecule has 0 bridgehead atoms. The van der Waals surface area contributed by atoms with Crippen LogP contribution >= 0.6 is 23.2 Å². The molecule has 2 aromatic carbocycles. The fourth-order valence-electron chi connectivity index (χ4n) is 5.59. The molecule has 53 heavy (non-hydrogen) atoms. The average Bonchev–Trinajstić information content (AvgIpc) is 3.60. The van der Waals surface area contributed by atoms with E-state index in [0.717, 1.165) is 53.1 Å². The number of H-pyrrole nitrogens is 2. The van der Waals surface area contributed by atoms with Crippen molar-refractivity contribution in [3.8, 4) is 6.07 Å². The fourth-order valence-corrected chi connectivity index (χ4v) is 5.95. The summed E-state index contributed by atoms with van der Waals surface area (Å²) in [7, 11) is 5.57. The molecule has 5 heterocycles. The third-order valence-corrected chi connectivity index (χ3v) is 9.37. The molecule has 0 radical (unpaired) electrons. The van der Waals surface area contributed by atoms with Crippen molar-refractivity contribution in [3.05, 3.63) is 124 Å². The molecule has 1 amide bonds. The first kappa shape index (κ1) is 36.9. The molecule has 7 aromatic rings. The van der Waals surface area contributed by atoms with Gasteiger partial charge in [0.25, 0.3) is 5.91 Å². The molecular formula is C37H37Cl2N11O3. The highest BCUT2D eigenvalue weighted by molar-refractivity contribution is 6.31. The number of aromatic nitrogens is 8. The molecule has 0 unspecified atom stereocenters. The average molecular weight is 755 g/mol. The van der Waals surface area contributed by atoms with E-state index in [2.05, 4.69) is 30.6 Å². The van der Waals surface area contributed by atoms with Crippen molar-refractivity contribution in [2.75, 3.05) is 0 Å². The summed E-state index contributed by atoms with van der Waals surface area (Å²) in [5.41, 5.74) is 10.9. The molecule has 0 saturated heterocycles. The van der Waals surface area contributed by atoms with Gasteiger partial charge in [-0.05, 0) is 74.2 Å². The third kappa shape index (κ3) is 8.96. The second-order valence-corrected chi connectivity index (χ2v) is 14.0. The van der Waals surface area contributed by atoms with Crippen LogP contribution in [0.25, 0.3) is 21.8 Å². The number of nitrogens with two attached hydrogens (primary N) is 1. The Morgan fingerprint density at radius 3 is 1.74 bits per heavy atom. The number of fused-ring (bicyclic) bond motifs is 2. The molecule has 2 saturated carbocycles. The maximum Gasteiger partial charge on any atom is 0.352 e. The lowest BCUT2D eigenvalue weighted by Crippen LogP contribution is -2.34. The van der Waals surface area contributed by atoms with Gasteiger partial charge in [-0.2, -0.15) is 20.6 Å². The number of halogens is 2. The fraction of sp³-hybridized carbons (Fsp3) is 0.243. The zero-order valence-electron chi connectivity index (χ0n) is 29.1. The minimum absolute atomic E-state index is 0.0196. The zero-order valence-corrected chi connectivity index (χ0v) is 30.7. The number of nitriles is 1. The molecule has 0 atom stereocenters. The van der Waals surface area contributed by atoms with Gasteiger partial charge in [-0.1, -0.05) is 23.2 Å². The number of carbonyl (C=O) groups is 2. The Kier molecular flexibility index (Phi) is 10.4. The number of aromatic carboxylic acids is 1. The van der Waals surface area contributed by atoms with Gasteiger partial charge in [-0.15, -0.1) is 0 Å². The van der Waals surface area contributed by atoms with Crippen LogP contribution in [-0.4, -0.2) is 56.3 Å². The predicted octanol–water partition coefficient (Wildman–Crippen LogP) is 6.15. The van der Waals surface area contributed by atoms with Gasteiger partial charge in [0.15, 0.2) is 0 Å². The van der Waals surface area contributed by atoms with E-state index in [4.69, 9.17) is 39.3 Å². The number of hydrogen-bond donors (Lipinski definition) is 5. The Morgan fingerprint density at radius 1 is 0.792 bits per heavy atom. The van der Waals surface area contributed by atoms with Gasteiger partial charge in [0.2, 0.25) is 0 Å². The number of carboxylic acid groups (broad SMARTS) is 1. The predicted molar refractivity (Wildman–Crippen MR) is 201 cm³/mol. The Labute approximate surface area is 314 Å². The van der Waals surface area contributed by atoms with Crippen LogP contribution in [0.1, 0.15) is 63.4 Å². The number of nitrogens with zero attached hydrogens (tertiary/aromatic N) is 7. The normalized spacial score (nSPS) is 14.4. The van der Waals surface area contributed by atoms with Crippen LogP contribution in [0.4, 0.5) is 0 Å². The number of hydrogen-bond acceptors (Lipinski definition) is 7. The largest absolute Gasteiger partial charge is 0.477 e. The maximum atomic E-state index is 12.5. The zero-order chi connectivity index (χ0) is 37.9.